The number of aromatic nitrogens is 1. The molecule has 1 saturated heterocycles. The molecule has 6 nitrogen and oxygen atoms in total. The zero-order valence-corrected chi connectivity index (χ0v) is 16.0. The standard InChI is InChI=1S/C20H22ClFN4O2/c21-17-11-14(5-6-19(27)25-28)12-23-20(17)24-16-7-9-26(10-8-16)13-15-3-1-2-4-18(15)22/h1-6,11-12,16,28H,7-10,13H2,(H,23,24)(H,25,27)/b6-5+. The first kappa shape index (κ1) is 20.3. The fourth-order valence-corrected chi connectivity index (χ4v) is 3.38. The van der Waals surface area contributed by atoms with Crippen LogP contribution < -0.4 is 10.8 Å². The van der Waals surface area contributed by atoms with E-state index < -0.39 is 5.91 Å². The van der Waals surface area contributed by atoms with Gasteiger partial charge in [-0.05, 0) is 36.6 Å². The normalized spacial score (nSPS) is 15.7. The summed E-state index contributed by atoms with van der Waals surface area (Å²) in [7, 11) is 0. The van der Waals surface area contributed by atoms with Crippen molar-refractivity contribution in [1.29, 1.82) is 0 Å². The van der Waals surface area contributed by atoms with Crippen LogP contribution in [0.5, 0.6) is 0 Å². The van der Waals surface area contributed by atoms with Crippen molar-refractivity contribution in [3.8, 4) is 0 Å². The van der Waals surface area contributed by atoms with Gasteiger partial charge >= 0.3 is 0 Å². The third kappa shape index (κ3) is 5.51. The molecule has 0 aliphatic carbocycles. The van der Waals surface area contributed by atoms with Crippen LogP contribution >= 0.6 is 11.6 Å². The van der Waals surface area contributed by atoms with Gasteiger partial charge in [0.05, 0.1) is 5.02 Å². The number of benzene rings is 1. The predicted octanol–water partition coefficient (Wildman–Crippen LogP) is 3.47. The van der Waals surface area contributed by atoms with Gasteiger partial charge in [0.2, 0.25) is 0 Å². The van der Waals surface area contributed by atoms with Crippen molar-refractivity contribution >= 4 is 29.4 Å². The third-order valence-corrected chi connectivity index (χ3v) is 4.97. The molecule has 2 aromatic rings. The lowest BCUT2D eigenvalue weighted by molar-refractivity contribution is -0.124. The zero-order valence-electron chi connectivity index (χ0n) is 15.2. The van der Waals surface area contributed by atoms with Gasteiger partial charge in [-0.3, -0.25) is 14.9 Å². The quantitative estimate of drug-likeness (QED) is 0.390. The predicted molar refractivity (Wildman–Crippen MR) is 107 cm³/mol. The molecule has 1 aliphatic heterocycles. The minimum absolute atomic E-state index is 0.163. The number of pyridine rings is 1. The van der Waals surface area contributed by atoms with Crippen molar-refractivity contribution in [2.75, 3.05) is 18.4 Å². The van der Waals surface area contributed by atoms with E-state index in [1.54, 1.807) is 18.3 Å². The Morgan fingerprint density at radius 1 is 1.36 bits per heavy atom. The fourth-order valence-electron chi connectivity index (χ4n) is 3.16. The molecule has 0 bridgehead atoms. The second-order valence-corrected chi connectivity index (χ2v) is 7.10. The number of nitrogens with zero attached hydrogens (tertiary/aromatic N) is 2. The molecule has 28 heavy (non-hydrogen) atoms. The number of hydrogen-bond donors (Lipinski definition) is 3. The van der Waals surface area contributed by atoms with Crippen molar-refractivity contribution in [2.45, 2.75) is 25.4 Å². The number of carbonyl (C=O) groups excluding carboxylic acids is 1. The van der Waals surface area contributed by atoms with Gasteiger partial charge in [-0.2, -0.15) is 0 Å². The van der Waals surface area contributed by atoms with E-state index in [0.717, 1.165) is 31.5 Å². The highest BCUT2D eigenvalue weighted by Gasteiger charge is 2.21. The summed E-state index contributed by atoms with van der Waals surface area (Å²) in [5.74, 6) is -0.192. The van der Waals surface area contributed by atoms with Crippen molar-refractivity contribution < 1.29 is 14.4 Å². The second-order valence-electron chi connectivity index (χ2n) is 6.69. The summed E-state index contributed by atoms with van der Waals surface area (Å²) < 4.78 is 13.8. The summed E-state index contributed by atoms with van der Waals surface area (Å²) in [5.41, 5.74) is 2.89. The Morgan fingerprint density at radius 2 is 2.11 bits per heavy atom. The molecule has 148 valence electrons. The maximum atomic E-state index is 13.8. The minimum atomic E-state index is -0.625. The molecule has 1 fully saturated rings. The SMILES string of the molecule is O=C(/C=C/c1cnc(NC2CCN(Cc3ccccc3F)CC2)c(Cl)c1)NO. The van der Waals surface area contributed by atoms with Crippen molar-refractivity contribution in [3.05, 3.63) is 64.6 Å². The largest absolute Gasteiger partial charge is 0.366 e. The third-order valence-electron chi connectivity index (χ3n) is 4.68. The topological polar surface area (TPSA) is 77.5 Å². The highest BCUT2D eigenvalue weighted by atomic mass is 35.5. The first-order valence-corrected chi connectivity index (χ1v) is 9.43. The summed E-state index contributed by atoms with van der Waals surface area (Å²) in [4.78, 5) is 17.6. The van der Waals surface area contributed by atoms with E-state index in [1.165, 1.54) is 23.7 Å². The lowest BCUT2D eigenvalue weighted by Gasteiger charge is -2.32. The molecule has 1 amide bonds. The average Bonchev–Trinajstić information content (AvgIpc) is 2.71. The van der Waals surface area contributed by atoms with Gasteiger partial charge in [0.25, 0.3) is 5.91 Å². The van der Waals surface area contributed by atoms with E-state index in [4.69, 9.17) is 16.8 Å². The fraction of sp³-hybridized carbons (Fsp3) is 0.300. The van der Waals surface area contributed by atoms with Crippen molar-refractivity contribution in [2.24, 2.45) is 0 Å². The monoisotopic (exact) mass is 404 g/mol. The van der Waals surface area contributed by atoms with Gasteiger partial charge in [0.1, 0.15) is 11.6 Å². The van der Waals surface area contributed by atoms with Crippen LogP contribution in [-0.4, -0.2) is 40.1 Å². The maximum absolute atomic E-state index is 13.8. The van der Waals surface area contributed by atoms with Gasteiger partial charge < -0.3 is 5.32 Å². The summed E-state index contributed by atoms with van der Waals surface area (Å²) in [5, 5.41) is 12.3. The van der Waals surface area contributed by atoms with Gasteiger partial charge in [-0.15, -0.1) is 0 Å². The molecule has 1 aromatic heterocycles. The highest BCUT2D eigenvalue weighted by Crippen LogP contribution is 2.24. The number of piperidine rings is 1. The number of halogens is 2. The Labute approximate surface area is 168 Å². The Morgan fingerprint density at radius 3 is 2.79 bits per heavy atom. The van der Waals surface area contributed by atoms with E-state index >= 15 is 0 Å². The maximum Gasteiger partial charge on any atom is 0.267 e. The van der Waals surface area contributed by atoms with E-state index in [0.29, 0.717) is 22.9 Å². The summed E-state index contributed by atoms with van der Waals surface area (Å²) in [6.07, 6.45) is 6.11. The Kier molecular flexibility index (Phi) is 6.97. The number of rotatable bonds is 6. The van der Waals surface area contributed by atoms with Crippen molar-refractivity contribution in [3.63, 3.8) is 0 Å². The van der Waals surface area contributed by atoms with Gasteiger partial charge in [-0.25, -0.2) is 14.9 Å². The first-order valence-electron chi connectivity index (χ1n) is 9.05. The van der Waals surface area contributed by atoms with Crippen LogP contribution in [-0.2, 0) is 11.3 Å². The van der Waals surface area contributed by atoms with Crippen LogP contribution in [0.2, 0.25) is 5.02 Å². The Bertz CT molecular complexity index is 854. The molecule has 0 unspecified atom stereocenters. The molecule has 3 N–H and O–H groups in total. The van der Waals surface area contributed by atoms with Crippen LogP contribution in [0.4, 0.5) is 10.2 Å². The van der Waals surface area contributed by atoms with Crippen LogP contribution in [0.1, 0.15) is 24.0 Å². The number of carbonyl (C=O) groups is 1. The van der Waals surface area contributed by atoms with E-state index in [9.17, 15) is 9.18 Å². The first-order chi connectivity index (χ1) is 13.5. The molecule has 3 rings (SSSR count). The summed E-state index contributed by atoms with van der Waals surface area (Å²) in [6.45, 7) is 2.34. The van der Waals surface area contributed by atoms with E-state index in [-0.39, 0.29) is 11.9 Å². The number of nitrogens with one attached hydrogen (secondary N) is 2. The molecule has 0 saturated carbocycles. The number of likely N-dealkylation sites (tertiary alicyclic amines) is 1. The molecule has 1 aromatic carbocycles. The van der Waals surface area contributed by atoms with Crippen LogP contribution in [0.25, 0.3) is 6.08 Å². The number of hydrogen-bond acceptors (Lipinski definition) is 5. The molecule has 0 radical (unpaired) electrons. The molecule has 1 aliphatic rings. The van der Waals surface area contributed by atoms with Gasteiger partial charge in [-0.1, -0.05) is 29.8 Å². The number of hydroxylamine groups is 1. The van der Waals surface area contributed by atoms with Crippen LogP contribution in [0, 0.1) is 5.82 Å². The number of amides is 1. The summed E-state index contributed by atoms with van der Waals surface area (Å²) >= 11 is 6.29. The molecular weight excluding hydrogens is 383 g/mol. The summed E-state index contributed by atoms with van der Waals surface area (Å²) in [6, 6.07) is 8.81. The van der Waals surface area contributed by atoms with Gasteiger partial charge in [0.15, 0.2) is 0 Å². The van der Waals surface area contributed by atoms with Crippen LogP contribution in [0.15, 0.2) is 42.6 Å². The van der Waals surface area contributed by atoms with E-state index in [2.05, 4.69) is 15.2 Å². The van der Waals surface area contributed by atoms with Crippen molar-refractivity contribution in [1.82, 2.24) is 15.4 Å². The molecule has 8 heteroatoms. The van der Waals surface area contributed by atoms with E-state index in [1.807, 2.05) is 12.1 Å². The highest BCUT2D eigenvalue weighted by molar-refractivity contribution is 6.33. The lowest BCUT2D eigenvalue weighted by Crippen LogP contribution is -2.39. The molecule has 0 spiro atoms. The minimum Gasteiger partial charge on any atom is -0.366 e. The molecular formula is C20H22ClFN4O2. The smallest absolute Gasteiger partial charge is 0.267 e. The van der Waals surface area contributed by atoms with Gasteiger partial charge in [0, 0.05) is 43.5 Å². The Hall–Kier alpha value is -2.48. The molecule has 0 atom stereocenters. The Balaban J connectivity index is 1.52. The lowest BCUT2D eigenvalue weighted by atomic mass is 10.0. The molecule has 2 heterocycles. The number of anilines is 1. The van der Waals surface area contributed by atoms with Crippen LogP contribution in [0.3, 0.4) is 0 Å². The average molecular weight is 405 g/mol. The zero-order chi connectivity index (χ0) is 19.9. The second kappa shape index (κ2) is 9.64.